The minimum atomic E-state index is -4.69. The van der Waals surface area contributed by atoms with E-state index in [0.717, 1.165) is 12.2 Å². The van der Waals surface area contributed by atoms with E-state index in [-0.39, 0.29) is 11.4 Å². The summed E-state index contributed by atoms with van der Waals surface area (Å²) in [4.78, 5) is 5.61. The van der Waals surface area contributed by atoms with Gasteiger partial charge in [-0.05, 0) is 0 Å². The molecule has 0 saturated carbocycles. The second kappa shape index (κ2) is 6.37. The van der Waals surface area contributed by atoms with Crippen molar-refractivity contribution in [2.24, 2.45) is 0 Å². The Labute approximate surface area is 132 Å². The molecule has 2 aliphatic rings. The topological polar surface area (TPSA) is 150 Å². The van der Waals surface area contributed by atoms with E-state index in [4.69, 9.17) is 11.1 Å². The summed E-state index contributed by atoms with van der Waals surface area (Å²) in [6.45, 7) is 0. The molecule has 0 aliphatic heterocycles. The van der Waals surface area contributed by atoms with Crippen LogP contribution >= 0.6 is 0 Å². The van der Waals surface area contributed by atoms with Gasteiger partial charge in [-0.15, -0.1) is 3.63 Å². The summed E-state index contributed by atoms with van der Waals surface area (Å²) in [6.07, 6.45) is 10.1. The highest BCUT2D eigenvalue weighted by Gasteiger charge is 2.43. The van der Waals surface area contributed by atoms with E-state index in [1.807, 2.05) is 0 Å². The fourth-order valence-electron chi connectivity index (χ4n) is 1.91. The van der Waals surface area contributed by atoms with Crippen LogP contribution in [-0.4, -0.2) is 48.3 Å². The molecule has 120 valence electrons. The van der Waals surface area contributed by atoms with Crippen molar-refractivity contribution in [3.8, 4) is 0 Å². The Morgan fingerprint density at radius 2 is 1.17 bits per heavy atom. The lowest BCUT2D eigenvalue weighted by Gasteiger charge is -2.13. The van der Waals surface area contributed by atoms with Crippen LogP contribution in [0.1, 0.15) is 0 Å². The van der Waals surface area contributed by atoms with Gasteiger partial charge in [0.25, 0.3) is 20.2 Å². The van der Waals surface area contributed by atoms with Gasteiger partial charge in [0.05, 0.1) is 0 Å². The zero-order chi connectivity index (χ0) is 17.1. The molecule has 0 spiro atoms. The SMILES string of the molecule is [N-]=[N+]=C1C=CC=CC1S(=O)(=O)OS(=O)(=O)C1C=CC=CC1=[N+]=[N-]. The standard InChI is InChI=1S/C12H10N4O5S2/c13-15-9-5-1-3-7-11(9)22(17,18)21-23(19,20)12-8-4-2-6-10(12)16-14/h1-8,11-12H. The number of hydrogen-bond acceptors (Lipinski definition) is 5. The van der Waals surface area contributed by atoms with E-state index in [2.05, 4.69) is 13.2 Å². The van der Waals surface area contributed by atoms with Gasteiger partial charge >= 0.3 is 11.4 Å². The van der Waals surface area contributed by atoms with E-state index in [1.165, 1.54) is 36.5 Å². The zero-order valence-electron chi connectivity index (χ0n) is 11.4. The predicted molar refractivity (Wildman–Crippen MR) is 80.3 cm³/mol. The molecule has 9 nitrogen and oxygen atoms in total. The highest BCUT2D eigenvalue weighted by atomic mass is 32.3. The molecule has 0 fully saturated rings. The molecule has 0 heterocycles. The molecular formula is C12H10N4O5S2. The van der Waals surface area contributed by atoms with Crippen molar-refractivity contribution >= 4 is 31.7 Å². The van der Waals surface area contributed by atoms with Gasteiger partial charge in [-0.1, -0.05) is 36.5 Å². The molecular weight excluding hydrogens is 344 g/mol. The first-order chi connectivity index (χ1) is 10.8. The van der Waals surface area contributed by atoms with E-state index >= 15 is 0 Å². The monoisotopic (exact) mass is 354 g/mol. The highest BCUT2D eigenvalue weighted by Crippen LogP contribution is 2.19. The van der Waals surface area contributed by atoms with Crippen LogP contribution in [0.3, 0.4) is 0 Å². The van der Waals surface area contributed by atoms with Gasteiger partial charge in [0.1, 0.15) is 0 Å². The lowest BCUT2D eigenvalue weighted by molar-refractivity contribution is -0.00553. The van der Waals surface area contributed by atoms with Crippen molar-refractivity contribution < 1.29 is 30.0 Å². The smallest absolute Gasteiger partial charge is 0.316 e. The minimum absolute atomic E-state index is 0.294. The average Bonchev–Trinajstić information content (AvgIpc) is 2.53. The van der Waals surface area contributed by atoms with Crippen LogP contribution in [0.4, 0.5) is 0 Å². The Balaban J connectivity index is 2.37. The molecule has 0 bridgehead atoms. The van der Waals surface area contributed by atoms with Gasteiger partial charge in [0.15, 0.2) is 0 Å². The van der Waals surface area contributed by atoms with Crippen LogP contribution in [0.15, 0.2) is 48.6 Å². The third-order valence-electron chi connectivity index (χ3n) is 2.95. The first-order valence-corrected chi connectivity index (χ1v) is 9.08. The van der Waals surface area contributed by atoms with Gasteiger partial charge in [-0.25, -0.2) is 0 Å². The number of nitrogens with zero attached hydrogens (tertiary/aromatic N) is 4. The Morgan fingerprint density at radius 3 is 1.52 bits per heavy atom. The van der Waals surface area contributed by atoms with Crippen molar-refractivity contribution in [1.29, 1.82) is 0 Å². The van der Waals surface area contributed by atoms with E-state index in [9.17, 15) is 16.8 Å². The van der Waals surface area contributed by atoms with E-state index in [1.54, 1.807) is 0 Å². The number of rotatable bonds is 4. The lowest BCUT2D eigenvalue weighted by Crippen LogP contribution is -2.37. The van der Waals surface area contributed by atoms with Crippen molar-refractivity contribution in [2.75, 3.05) is 0 Å². The summed E-state index contributed by atoms with van der Waals surface area (Å²) in [5.74, 6) is 0. The maximum absolute atomic E-state index is 12.2. The normalized spacial score (nSPS) is 23.7. The molecule has 11 heteroatoms. The van der Waals surface area contributed by atoms with Crippen LogP contribution in [0.5, 0.6) is 0 Å². The Bertz CT molecular complexity index is 865. The number of hydrogen-bond donors (Lipinski definition) is 0. The molecule has 0 radical (unpaired) electrons. The van der Waals surface area contributed by atoms with Gasteiger partial charge in [-0.2, -0.15) is 26.4 Å². The highest BCUT2D eigenvalue weighted by molar-refractivity contribution is 8.01. The molecule has 0 saturated heterocycles. The summed E-state index contributed by atoms with van der Waals surface area (Å²) < 4.78 is 53.1. The molecule has 2 rings (SSSR count). The molecule has 2 unspecified atom stereocenters. The second-order valence-electron chi connectivity index (χ2n) is 4.43. The quantitative estimate of drug-likeness (QED) is 0.514. The third-order valence-corrected chi connectivity index (χ3v) is 6.51. The molecule has 0 aromatic heterocycles. The molecule has 2 atom stereocenters. The molecule has 23 heavy (non-hydrogen) atoms. The average molecular weight is 354 g/mol. The van der Waals surface area contributed by atoms with Gasteiger partial charge < -0.3 is 11.1 Å². The van der Waals surface area contributed by atoms with Crippen LogP contribution < -0.4 is 0 Å². The van der Waals surface area contributed by atoms with Gasteiger partial charge in [0, 0.05) is 12.2 Å². The number of allylic oxidation sites excluding steroid dienone is 6. The predicted octanol–water partition coefficient (Wildman–Crippen LogP) is -0.00660. The summed E-state index contributed by atoms with van der Waals surface area (Å²) in [5, 5.41) is -3.16. The van der Waals surface area contributed by atoms with Crippen LogP contribution in [0, 0.1) is 0 Å². The Hall–Kier alpha value is -2.42. The van der Waals surface area contributed by atoms with E-state index in [0.29, 0.717) is 0 Å². The van der Waals surface area contributed by atoms with Crippen molar-refractivity contribution in [3.63, 3.8) is 0 Å². The molecule has 0 aromatic rings. The Kier molecular flexibility index (Phi) is 4.69. The maximum atomic E-state index is 12.2. The molecule has 2 aliphatic carbocycles. The third kappa shape index (κ3) is 3.50. The fraction of sp³-hybridized carbons (Fsp3) is 0.167. The van der Waals surface area contributed by atoms with Crippen LogP contribution in [0.2, 0.25) is 0 Å². The fourth-order valence-corrected chi connectivity index (χ4v) is 5.05. The van der Waals surface area contributed by atoms with Crippen LogP contribution in [-0.2, 0) is 23.9 Å². The van der Waals surface area contributed by atoms with Gasteiger partial charge in [0.2, 0.25) is 10.5 Å². The Morgan fingerprint density at radius 1 is 0.783 bits per heavy atom. The summed E-state index contributed by atoms with van der Waals surface area (Å²) in [7, 11) is -9.39. The van der Waals surface area contributed by atoms with Gasteiger partial charge in [-0.3, -0.25) is 0 Å². The summed E-state index contributed by atoms with van der Waals surface area (Å²) in [5.41, 5.74) is 17.0. The lowest BCUT2D eigenvalue weighted by atomic mass is 10.1. The largest absolute Gasteiger partial charge is 0.361 e. The summed E-state index contributed by atoms with van der Waals surface area (Å²) >= 11 is 0. The molecule has 0 N–H and O–H groups in total. The van der Waals surface area contributed by atoms with Crippen LogP contribution in [0.25, 0.3) is 11.1 Å². The van der Waals surface area contributed by atoms with Crippen molar-refractivity contribution in [3.05, 3.63) is 59.7 Å². The first kappa shape index (κ1) is 16.9. The molecule has 0 aromatic carbocycles. The zero-order valence-corrected chi connectivity index (χ0v) is 13.1. The van der Waals surface area contributed by atoms with Crippen molar-refractivity contribution in [1.82, 2.24) is 0 Å². The second-order valence-corrected chi connectivity index (χ2v) is 7.96. The van der Waals surface area contributed by atoms with E-state index < -0.39 is 30.7 Å². The first-order valence-electron chi connectivity index (χ1n) is 6.14. The minimum Gasteiger partial charge on any atom is -0.361 e. The maximum Gasteiger partial charge on any atom is 0.316 e. The summed E-state index contributed by atoms with van der Waals surface area (Å²) in [6, 6.07) is 0. The van der Waals surface area contributed by atoms with Crippen molar-refractivity contribution in [2.45, 2.75) is 10.5 Å². The molecule has 0 amide bonds.